The number of benzene rings is 2. The van der Waals surface area contributed by atoms with E-state index in [0.29, 0.717) is 77.9 Å². The van der Waals surface area contributed by atoms with Gasteiger partial charge in [-0.05, 0) is 47.4 Å². The van der Waals surface area contributed by atoms with Crippen molar-refractivity contribution in [2.75, 3.05) is 56.7 Å². The van der Waals surface area contributed by atoms with Gasteiger partial charge in [0.25, 0.3) is 11.8 Å². The van der Waals surface area contributed by atoms with Crippen LogP contribution >= 0.6 is 0 Å². The van der Waals surface area contributed by atoms with Crippen molar-refractivity contribution in [2.24, 2.45) is 5.10 Å². The van der Waals surface area contributed by atoms with Crippen molar-refractivity contribution in [1.82, 2.24) is 14.9 Å². The molecule has 3 aromatic rings. The van der Waals surface area contributed by atoms with E-state index in [4.69, 9.17) is 9.47 Å². The number of aromatic nitrogens is 1. The number of likely N-dealkylation sites (N-methyl/N-ethyl adjacent to an activating group) is 1. The van der Waals surface area contributed by atoms with Crippen molar-refractivity contribution in [3.05, 3.63) is 94.3 Å². The molecule has 3 aliphatic rings. The number of anilines is 2. The van der Waals surface area contributed by atoms with Crippen LogP contribution in [0.25, 0.3) is 0 Å². The van der Waals surface area contributed by atoms with Crippen molar-refractivity contribution in [1.29, 1.82) is 0 Å². The first-order valence-corrected chi connectivity index (χ1v) is 15.5. The number of allylic oxidation sites excluding steroid dienone is 1. The van der Waals surface area contributed by atoms with Gasteiger partial charge in [0.2, 0.25) is 0 Å². The van der Waals surface area contributed by atoms with Crippen molar-refractivity contribution < 1.29 is 29.0 Å². The number of aldehydes is 1. The molecule has 244 valence electrons. The van der Waals surface area contributed by atoms with E-state index in [1.165, 1.54) is 11.2 Å². The molecule has 12 heteroatoms. The standard InChI is InChI=1S/C35H38N6O6/c1-35(2,3)23-9-10-25-30(18-23)47-17-14-41(33(25)44)29-7-5-6-24(26(29)21-42)27-19-28(34(45)39(4)38-27)37-31-11-8-22(20-36-31)32(43)40-12-15-46-16-13-40/h5-11,18-21,34,45H,12-17H2,1-4H3,(H,36,37). The molecule has 0 aliphatic carbocycles. The first-order chi connectivity index (χ1) is 22.5. The molecule has 47 heavy (non-hydrogen) atoms. The van der Waals surface area contributed by atoms with Crippen LogP contribution in [0.2, 0.25) is 0 Å². The third-order valence-corrected chi connectivity index (χ3v) is 8.43. The molecule has 1 unspecified atom stereocenters. The molecule has 1 fully saturated rings. The number of pyridine rings is 1. The van der Waals surface area contributed by atoms with Crippen molar-refractivity contribution in [3.63, 3.8) is 0 Å². The van der Waals surface area contributed by atoms with Crippen molar-refractivity contribution in [2.45, 2.75) is 32.4 Å². The molecule has 0 spiro atoms. The normalized spacial score (nSPS) is 18.4. The number of hydrogen-bond acceptors (Lipinski definition) is 10. The van der Waals surface area contributed by atoms with Gasteiger partial charge < -0.3 is 29.7 Å². The summed E-state index contributed by atoms with van der Waals surface area (Å²) in [7, 11) is 1.61. The second kappa shape index (κ2) is 13.0. The van der Waals surface area contributed by atoms with Crippen molar-refractivity contribution >= 4 is 35.3 Å². The van der Waals surface area contributed by atoms with Crippen LogP contribution in [0.4, 0.5) is 11.5 Å². The molecule has 2 amide bonds. The predicted octanol–water partition coefficient (Wildman–Crippen LogP) is 3.67. The van der Waals surface area contributed by atoms with Gasteiger partial charge in [-0.1, -0.05) is 39.0 Å². The molecule has 6 rings (SSSR count). The maximum Gasteiger partial charge on any atom is 0.262 e. The number of carbonyl (C=O) groups excluding carboxylic acids is 3. The van der Waals surface area contributed by atoms with Crippen LogP contribution in [0.15, 0.2) is 71.6 Å². The van der Waals surface area contributed by atoms with E-state index in [9.17, 15) is 19.5 Å². The number of amides is 2. The lowest BCUT2D eigenvalue weighted by molar-refractivity contribution is 0.0302. The fraction of sp³-hybridized carbons (Fsp3) is 0.343. The highest BCUT2D eigenvalue weighted by Gasteiger charge is 2.30. The number of fused-ring (bicyclic) bond motifs is 1. The second-order valence-corrected chi connectivity index (χ2v) is 12.6. The monoisotopic (exact) mass is 638 g/mol. The van der Waals surface area contributed by atoms with E-state index in [0.717, 1.165) is 5.56 Å². The number of ether oxygens (including phenoxy) is 2. The second-order valence-electron chi connectivity index (χ2n) is 12.6. The van der Waals surface area contributed by atoms with Gasteiger partial charge in [-0.2, -0.15) is 5.10 Å². The minimum atomic E-state index is -1.13. The maximum absolute atomic E-state index is 13.9. The number of nitrogens with zero attached hydrogens (tertiary/aromatic N) is 5. The third-order valence-electron chi connectivity index (χ3n) is 8.43. The highest BCUT2D eigenvalue weighted by molar-refractivity contribution is 6.17. The van der Waals surface area contributed by atoms with Gasteiger partial charge >= 0.3 is 0 Å². The number of aliphatic hydroxyl groups excluding tert-OH is 1. The summed E-state index contributed by atoms with van der Waals surface area (Å²) < 4.78 is 11.3. The van der Waals surface area contributed by atoms with E-state index in [-0.39, 0.29) is 35.9 Å². The van der Waals surface area contributed by atoms with Crippen LogP contribution in [0.1, 0.15) is 63.0 Å². The van der Waals surface area contributed by atoms with Crippen LogP contribution in [0, 0.1) is 0 Å². The Morgan fingerprint density at radius 1 is 1.04 bits per heavy atom. The topological polar surface area (TPSA) is 137 Å². The van der Waals surface area contributed by atoms with Crippen LogP contribution in [0.3, 0.4) is 0 Å². The summed E-state index contributed by atoms with van der Waals surface area (Å²) in [5.74, 6) is 0.547. The lowest BCUT2D eigenvalue weighted by atomic mass is 9.86. The zero-order valence-electron chi connectivity index (χ0n) is 26.9. The summed E-state index contributed by atoms with van der Waals surface area (Å²) in [5.41, 5.74) is 3.77. The lowest BCUT2D eigenvalue weighted by Crippen LogP contribution is -2.40. The zero-order valence-corrected chi connectivity index (χ0v) is 26.9. The van der Waals surface area contributed by atoms with E-state index >= 15 is 0 Å². The summed E-state index contributed by atoms with van der Waals surface area (Å²) in [6, 6.07) is 14.2. The quantitative estimate of drug-likeness (QED) is 0.388. The highest BCUT2D eigenvalue weighted by Crippen LogP contribution is 2.34. The smallest absolute Gasteiger partial charge is 0.262 e. The average Bonchev–Trinajstić information content (AvgIpc) is 3.24. The van der Waals surface area contributed by atoms with Gasteiger partial charge in [0, 0.05) is 37.5 Å². The fourth-order valence-electron chi connectivity index (χ4n) is 5.74. The summed E-state index contributed by atoms with van der Waals surface area (Å²) >= 11 is 0. The maximum atomic E-state index is 13.9. The number of carbonyl (C=O) groups is 3. The van der Waals surface area contributed by atoms with Crippen LogP contribution in [0.5, 0.6) is 5.75 Å². The summed E-state index contributed by atoms with van der Waals surface area (Å²) in [6.07, 6.45) is 2.72. The van der Waals surface area contributed by atoms with Gasteiger partial charge in [0.05, 0.1) is 48.0 Å². The first-order valence-electron chi connectivity index (χ1n) is 15.5. The van der Waals surface area contributed by atoms with Gasteiger partial charge in [-0.25, -0.2) is 4.98 Å². The Balaban J connectivity index is 1.27. The Kier molecular flexibility index (Phi) is 8.80. The fourth-order valence-corrected chi connectivity index (χ4v) is 5.74. The molecule has 2 aromatic carbocycles. The Morgan fingerprint density at radius 2 is 1.83 bits per heavy atom. The molecule has 2 N–H and O–H groups in total. The third kappa shape index (κ3) is 6.47. The molecule has 1 atom stereocenters. The number of hydrogen-bond donors (Lipinski definition) is 2. The Morgan fingerprint density at radius 3 is 2.53 bits per heavy atom. The molecule has 0 saturated carbocycles. The largest absolute Gasteiger partial charge is 0.491 e. The predicted molar refractivity (Wildman–Crippen MR) is 177 cm³/mol. The minimum absolute atomic E-state index is 0.114. The molecule has 12 nitrogen and oxygen atoms in total. The number of rotatable bonds is 6. The average molecular weight is 639 g/mol. The van der Waals surface area contributed by atoms with Gasteiger partial charge in [-0.3, -0.25) is 19.4 Å². The van der Waals surface area contributed by atoms with Crippen LogP contribution in [-0.4, -0.2) is 96.5 Å². The van der Waals surface area contributed by atoms with Gasteiger partial charge in [-0.15, -0.1) is 0 Å². The SMILES string of the molecule is CN1N=C(c2cccc(N3CCOc4cc(C(C)(C)C)ccc4C3=O)c2C=O)C=C(Nc2ccc(C(=O)N3CCOCC3)cn2)C1O. The van der Waals surface area contributed by atoms with E-state index in [1.807, 2.05) is 12.1 Å². The Hall–Kier alpha value is -5.07. The number of morpholine rings is 1. The number of hydrazone groups is 1. The number of aliphatic hydroxyl groups is 1. The van der Waals surface area contributed by atoms with E-state index in [2.05, 4.69) is 36.2 Å². The minimum Gasteiger partial charge on any atom is -0.491 e. The molecule has 4 heterocycles. The Bertz CT molecular complexity index is 1760. The van der Waals surface area contributed by atoms with Gasteiger partial charge in [0.15, 0.2) is 12.5 Å². The van der Waals surface area contributed by atoms with E-state index < -0.39 is 6.23 Å². The van der Waals surface area contributed by atoms with Gasteiger partial charge in [0.1, 0.15) is 18.2 Å². The molecular formula is C35H38N6O6. The molecular weight excluding hydrogens is 600 g/mol. The molecule has 0 bridgehead atoms. The van der Waals surface area contributed by atoms with Crippen LogP contribution in [-0.2, 0) is 10.2 Å². The molecule has 1 saturated heterocycles. The van der Waals surface area contributed by atoms with Crippen molar-refractivity contribution in [3.8, 4) is 5.75 Å². The first kappa shape index (κ1) is 31.9. The highest BCUT2D eigenvalue weighted by atomic mass is 16.5. The molecule has 3 aliphatic heterocycles. The molecule has 0 radical (unpaired) electrons. The summed E-state index contributed by atoms with van der Waals surface area (Å²) in [4.78, 5) is 47.0. The van der Waals surface area contributed by atoms with E-state index in [1.54, 1.807) is 59.3 Å². The number of nitrogens with one attached hydrogen (secondary N) is 1. The summed E-state index contributed by atoms with van der Waals surface area (Å²) in [6.45, 7) is 8.87. The summed E-state index contributed by atoms with van der Waals surface area (Å²) in [5, 5.41) is 20.0. The zero-order chi connectivity index (χ0) is 33.3. The lowest BCUT2D eigenvalue weighted by Gasteiger charge is -2.29. The molecule has 1 aromatic heterocycles. The Labute approximate surface area is 273 Å². The van der Waals surface area contributed by atoms with Crippen LogP contribution < -0.4 is 15.0 Å².